The number of para-hydroxylation sites is 1. The first-order valence-electron chi connectivity index (χ1n) is 6.18. The number of halogens is 2. The third kappa shape index (κ3) is 2.14. The highest BCUT2D eigenvalue weighted by atomic mass is 35.5. The summed E-state index contributed by atoms with van der Waals surface area (Å²) in [5.74, 6) is -0.840. The zero-order chi connectivity index (χ0) is 15.0. The minimum Gasteiger partial charge on any atom is -0.298 e. The number of rotatable bonds is 2. The van der Waals surface area contributed by atoms with Crippen LogP contribution in [0.2, 0.25) is 5.15 Å². The molecule has 0 spiro atoms. The van der Waals surface area contributed by atoms with Crippen LogP contribution >= 0.6 is 11.6 Å². The molecule has 0 fully saturated rings. The van der Waals surface area contributed by atoms with Gasteiger partial charge in [-0.25, -0.2) is 4.39 Å². The van der Waals surface area contributed by atoms with Crippen molar-refractivity contribution >= 4 is 34.7 Å². The van der Waals surface area contributed by atoms with Gasteiger partial charge in [-0.3, -0.25) is 14.2 Å². The Morgan fingerprint density at radius 1 is 1.10 bits per heavy atom. The molecule has 0 N–H and O–H groups in total. The Hall–Kier alpha value is -2.46. The largest absolute Gasteiger partial charge is 0.298 e. The second-order valence-corrected chi connectivity index (χ2v) is 4.84. The van der Waals surface area contributed by atoms with Crippen molar-refractivity contribution in [3.8, 4) is 0 Å². The minimum absolute atomic E-state index is 0.0560. The van der Waals surface area contributed by atoms with E-state index < -0.39 is 11.7 Å². The number of benzene rings is 2. The number of hydrogen-bond acceptors (Lipinski definition) is 2. The van der Waals surface area contributed by atoms with Crippen LogP contribution in [0.1, 0.15) is 20.7 Å². The van der Waals surface area contributed by atoms with Gasteiger partial charge in [0.1, 0.15) is 11.0 Å². The molecule has 5 heteroatoms. The van der Waals surface area contributed by atoms with Gasteiger partial charge in [-0.15, -0.1) is 0 Å². The van der Waals surface area contributed by atoms with E-state index in [9.17, 15) is 14.0 Å². The molecule has 3 nitrogen and oxygen atoms in total. The van der Waals surface area contributed by atoms with Crippen LogP contribution in [-0.4, -0.2) is 16.8 Å². The predicted molar refractivity (Wildman–Crippen MR) is 78.5 cm³/mol. The lowest BCUT2D eigenvalue weighted by molar-refractivity contribution is 0.0965. The van der Waals surface area contributed by atoms with Gasteiger partial charge in [0.2, 0.25) is 0 Å². The lowest BCUT2D eigenvalue weighted by Gasteiger charge is -2.05. The summed E-state index contributed by atoms with van der Waals surface area (Å²) in [5, 5.41) is 0.661. The average molecular weight is 302 g/mol. The van der Waals surface area contributed by atoms with E-state index in [1.54, 1.807) is 24.3 Å². The summed E-state index contributed by atoms with van der Waals surface area (Å²) in [4.78, 5) is 23.8. The molecule has 0 unspecified atom stereocenters. The van der Waals surface area contributed by atoms with Gasteiger partial charge in [0.05, 0.1) is 11.1 Å². The Labute approximate surface area is 124 Å². The van der Waals surface area contributed by atoms with Crippen molar-refractivity contribution in [3.63, 3.8) is 0 Å². The van der Waals surface area contributed by atoms with Crippen LogP contribution in [0.5, 0.6) is 0 Å². The molecule has 21 heavy (non-hydrogen) atoms. The molecule has 0 aliphatic heterocycles. The van der Waals surface area contributed by atoms with E-state index in [1.807, 2.05) is 0 Å². The molecule has 3 aromatic rings. The van der Waals surface area contributed by atoms with Gasteiger partial charge >= 0.3 is 0 Å². The average Bonchev–Trinajstić information content (AvgIpc) is 2.78. The number of nitrogens with zero attached hydrogens (tertiary/aromatic N) is 1. The van der Waals surface area contributed by atoms with Crippen LogP contribution in [0.15, 0.2) is 48.5 Å². The Morgan fingerprint density at radius 3 is 2.43 bits per heavy atom. The van der Waals surface area contributed by atoms with Gasteiger partial charge in [-0.2, -0.15) is 0 Å². The molecule has 0 bridgehead atoms. The zero-order valence-electron chi connectivity index (χ0n) is 10.7. The summed E-state index contributed by atoms with van der Waals surface area (Å²) in [6.45, 7) is 0. The predicted octanol–water partition coefficient (Wildman–Crippen LogP) is 3.93. The van der Waals surface area contributed by atoms with Gasteiger partial charge in [0, 0.05) is 10.9 Å². The Bertz CT molecular complexity index is 853. The summed E-state index contributed by atoms with van der Waals surface area (Å²) in [6, 6.07) is 12.1. The lowest BCUT2D eigenvalue weighted by Crippen LogP contribution is -2.12. The molecule has 0 aliphatic rings. The summed E-state index contributed by atoms with van der Waals surface area (Å²) in [6.07, 6.45) is 0.624. The van der Waals surface area contributed by atoms with Crippen LogP contribution in [-0.2, 0) is 0 Å². The third-order valence-electron chi connectivity index (χ3n) is 3.27. The fraction of sp³-hybridized carbons (Fsp3) is 0. The molecule has 0 saturated heterocycles. The molecule has 104 valence electrons. The van der Waals surface area contributed by atoms with Gasteiger partial charge < -0.3 is 0 Å². The highest BCUT2D eigenvalue weighted by molar-refractivity contribution is 6.36. The Kier molecular flexibility index (Phi) is 3.31. The summed E-state index contributed by atoms with van der Waals surface area (Å²) >= 11 is 6.17. The minimum atomic E-state index is -0.427. The van der Waals surface area contributed by atoms with Crippen LogP contribution < -0.4 is 0 Å². The van der Waals surface area contributed by atoms with Crippen LogP contribution in [0, 0.1) is 5.82 Å². The second-order valence-electron chi connectivity index (χ2n) is 4.49. The quantitative estimate of drug-likeness (QED) is 0.673. The van der Waals surface area contributed by atoms with Gasteiger partial charge in [0.15, 0.2) is 6.29 Å². The summed E-state index contributed by atoms with van der Waals surface area (Å²) < 4.78 is 14.2. The normalized spacial score (nSPS) is 10.8. The van der Waals surface area contributed by atoms with E-state index in [0.29, 0.717) is 17.2 Å². The fourth-order valence-electron chi connectivity index (χ4n) is 2.27. The highest BCUT2D eigenvalue weighted by Crippen LogP contribution is 2.29. The molecular weight excluding hydrogens is 293 g/mol. The molecule has 0 amide bonds. The number of hydrogen-bond donors (Lipinski definition) is 0. The van der Waals surface area contributed by atoms with Gasteiger partial charge in [-0.1, -0.05) is 29.8 Å². The highest BCUT2D eigenvalue weighted by Gasteiger charge is 2.20. The molecule has 0 atom stereocenters. The van der Waals surface area contributed by atoms with Crippen molar-refractivity contribution < 1.29 is 14.0 Å². The summed E-state index contributed by atoms with van der Waals surface area (Å²) in [7, 11) is 0. The van der Waals surface area contributed by atoms with Gasteiger partial charge in [-0.05, 0) is 30.3 Å². The fourth-order valence-corrected chi connectivity index (χ4v) is 2.58. The molecule has 1 aromatic heterocycles. The second kappa shape index (κ2) is 5.14. The number of carbonyl (C=O) groups is 2. The van der Waals surface area contributed by atoms with E-state index >= 15 is 0 Å². The molecule has 0 aliphatic carbocycles. The van der Waals surface area contributed by atoms with Crippen LogP contribution in [0.25, 0.3) is 10.9 Å². The smallest absolute Gasteiger partial charge is 0.263 e. The van der Waals surface area contributed by atoms with Crippen molar-refractivity contribution in [2.75, 3.05) is 0 Å². The van der Waals surface area contributed by atoms with Crippen molar-refractivity contribution in [2.24, 2.45) is 0 Å². The first-order chi connectivity index (χ1) is 10.1. The van der Waals surface area contributed by atoms with E-state index in [1.165, 1.54) is 28.8 Å². The van der Waals surface area contributed by atoms with E-state index in [0.717, 1.165) is 0 Å². The summed E-state index contributed by atoms with van der Waals surface area (Å²) in [5.41, 5.74) is 1.10. The van der Waals surface area contributed by atoms with Crippen molar-refractivity contribution in [1.29, 1.82) is 0 Å². The first kappa shape index (κ1) is 13.5. The molecule has 0 saturated carbocycles. The molecule has 1 heterocycles. The van der Waals surface area contributed by atoms with Gasteiger partial charge in [0.25, 0.3) is 5.91 Å². The maximum atomic E-state index is 13.0. The maximum Gasteiger partial charge on any atom is 0.263 e. The molecular formula is C16H9ClFNO2. The van der Waals surface area contributed by atoms with Crippen LogP contribution in [0.4, 0.5) is 4.39 Å². The van der Waals surface area contributed by atoms with Crippen molar-refractivity contribution in [2.45, 2.75) is 0 Å². The Morgan fingerprint density at radius 2 is 1.76 bits per heavy atom. The lowest BCUT2D eigenvalue weighted by atomic mass is 10.2. The van der Waals surface area contributed by atoms with Crippen molar-refractivity contribution in [3.05, 3.63) is 70.6 Å². The zero-order valence-corrected chi connectivity index (χ0v) is 11.5. The molecule has 0 radical (unpaired) electrons. The first-order valence-corrected chi connectivity index (χ1v) is 6.55. The van der Waals surface area contributed by atoms with E-state index in [2.05, 4.69) is 0 Å². The maximum absolute atomic E-state index is 13.0. The standard InChI is InChI=1S/C16H9ClFNO2/c17-15-13(9-20)12-3-1-2-4-14(12)19(15)16(21)10-5-7-11(18)8-6-10/h1-9H. The SMILES string of the molecule is O=Cc1c(Cl)n(C(=O)c2ccc(F)cc2)c2ccccc12. The Balaban J connectivity index is 2.25. The molecule has 2 aromatic carbocycles. The number of carbonyl (C=O) groups excluding carboxylic acids is 2. The molecule has 3 rings (SSSR count). The number of aldehydes is 1. The number of aromatic nitrogens is 1. The monoisotopic (exact) mass is 301 g/mol. The topological polar surface area (TPSA) is 39.1 Å². The third-order valence-corrected chi connectivity index (χ3v) is 3.64. The van der Waals surface area contributed by atoms with Crippen molar-refractivity contribution in [1.82, 2.24) is 4.57 Å². The van der Waals surface area contributed by atoms with E-state index in [-0.39, 0.29) is 16.3 Å². The van der Waals surface area contributed by atoms with Crippen LogP contribution in [0.3, 0.4) is 0 Å². The number of fused-ring (bicyclic) bond motifs is 1. The van der Waals surface area contributed by atoms with E-state index in [4.69, 9.17) is 11.6 Å².